The van der Waals surface area contributed by atoms with E-state index in [1.165, 1.54) is 12.4 Å². The smallest absolute Gasteiger partial charge is 0.174 e. The molecule has 0 aliphatic rings. The average Bonchev–Trinajstić information content (AvgIpc) is 2.05. The van der Waals surface area contributed by atoms with E-state index in [2.05, 4.69) is 9.97 Å². The predicted octanol–water partition coefficient (Wildman–Crippen LogP) is 0.899. The molecule has 0 spiro atoms. The van der Waals surface area contributed by atoms with Crippen LogP contribution in [0.5, 0.6) is 0 Å². The van der Waals surface area contributed by atoms with Gasteiger partial charge in [-0.1, -0.05) is 11.6 Å². The summed E-state index contributed by atoms with van der Waals surface area (Å²) in [6, 6.07) is 0. The molecular formula is C6H4BClN2O. The third-order valence-corrected chi connectivity index (χ3v) is 1.29. The second-order valence-corrected chi connectivity index (χ2v) is 2.24. The molecule has 2 radical (unpaired) electrons. The van der Waals surface area contributed by atoms with Crippen LogP contribution in [0.25, 0.3) is 0 Å². The second-order valence-electron chi connectivity index (χ2n) is 1.85. The van der Waals surface area contributed by atoms with E-state index >= 15 is 0 Å². The van der Waals surface area contributed by atoms with E-state index in [0.717, 1.165) is 0 Å². The number of halogens is 1. The van der Waals surface area contributed by atoms with E-state index in [-0.39, 0.29) is 23.0 Å². The lowest BCUT2D eigenvalue weighted by Crippen LogP contribution is -2.01. The normalized spacial score (nSPS) is 9.55. The summed E-state index contributed by atoms with van der Waals surface area (Å²) in [4.78, 5) is 18.3. The van der Waals surface area contributed by atoms with Crippen LogP contribution in [0.15, 0.2) is 12.4 Å². The van der Waals surface area contributed by atoms with Crippen molar-refractivity contribution in [3.05, 3.63) is 23.2 Å². The van der Waals surface area contributed by atoms with E-state index in [1.807, 2.05) is 0 Å². The van der Waals surface area contributed by atoms with Crippen LogP contribution in [0, 0.1) is 0 Å². The third-order valence-electron chi connectivity index (χ3n) is 1.09. The van der Waals surface area contributed by atoms with Crippen LogP contribution in [0.1, 0.15) is 10.5 Å². The summed E-state index contributed by atoms with van der Waals surface area (Å²) in [5.41, 5.74) is 0.247. The molecule has 5 heteroatoms. The number of rotatable bonds is 2. The maximum Gasteiger partial charge on any atom is 0.174 e. The SMILES string of the molecule is [B]CC(=O)c1cnc(Cl)cn1. The minimum absolute atomic E-state index is 0.0592. The first-order valence-corrected chi connectivity index (χ1v) is 3.32. The molecule has 0 N–H and O–H groups in total. The van der Waals surface area contributed by atoms with Crippen molar-refractivity contribution in [2.24, 2.45) is 0 Å². The molecule has 0 aromatic carbocycles. The Labute approximate surface area is 70.2 Å². The Kier molecular flexibility index (Phi) is 2.60. The zero-order chi connectivity index (χ0) is 8.27. The van der Waals surface area contributed by atoms with Crippen LogP contribution < -0.4 is 0 Å². The average molecular weight is 166 g/mol. The van der Waals surface area contributed by atoms with Gasteiger partial charge in [-0.3, -0.25) is 4.79 Å². The highest BCUT2D eigenvalue weighted by Crippen LogP contribution is 2.02. The van der Waals surface area contributed by atoms with Crippen molar-refractivity contribution >= 4 is 25.2 Å². The van der Waals surface area contributed by atoms with Gasteiger partial charge in [0.25, 0.3) is 0 Å². The molecular weight excluding hydrogens is 162 g/mol. The van der Waals surface area contributed by atoms with Crippen molar-refractivity contribution in [3.8, 4) is 0 Å². The Morgan fingerprint density at radius 2 is 2.27 bits per heavy atom. The van der Waals surface area contributed by atoms with E-state index in [4.69, 9.17) is 19.4 Å². The molecule has 0 saturated carbocycles. The molecule has 0 atom stereocenters. The molecule has 0 aliphatic heterocycles. The van der Waals surface area contributed by atoms with Gasteiger partial charge in [-0.2, -0.15) is 0 Å². The summed E-state index contributed by atoms with van der Waals surface area (Å²) in [6.45, 7) is 0. The Morgan fingerprint density at radius 3 is 2.73 bits per heavy atom. The molecule has 54 valence electrons. The van der Waals surface area contributed by atoms with Crippen molar-refractivity contribution in [2.75, 3.05) is 0 Å². The fourth-order valence-corrected chi connectivity index (χ4v) is 0.658. The van der Waals surface area contributed by atoms with E-state index < -0.39 is 0 Å². The second kappa shape index (κ2) is 3.48. The summed E-state index contributed by atoms with van der Waals surface area (Å²) < 4.78 is 0. The van der Waals surface area contributed by atoms with Crippen LogP contribution >= 0.6 is 11.6 Å². The lowest BCUT2D eigenvalue weighted by molar-refractivity contribution is 0.101. The first-order chi connectivity index (χ1) is 5.24. The largest absolute Gasteiger partial charge is 0.293 e. The fraction of sp³-hybridized carbons (Fsp3) is 0.167. The summed E-state index contributed by atoms with van der Waals surface area (Å²) in [6.07, 6.45) is 2.55. The predicted molar refractivity (Wildman–Crippen MR) is 41.9 cm³/mol. The van der Waals surface area contributed by atoms with Crippen LogP contribution in [-0.4, -0.2) is 23.6 Å². The molecule has 11 heavy (non-hydrogen) atoms. The van der Waals surface area contributed by atoms with Crippen molar-refractivity contribution in [1.82, 2.24) is 9.97 Å². The Bertz CT molecular complexity index is 262. The molecule has 1 aromatic heterocycles. The van der Waals surface area contributed by atoms with Crippen LogP contribution in [0.4, 0.5) is 0 Å². The molecule has 1 rings (SSSR count). The van der Waals surface area contributed by atoms with Gasteiger partial charge in [-0.25, -0.2) is 9.97 Å². The van der Waals surface area contributed by atoms with Gasteiger partial charge in [0, 0.05) is 0 Å². The first-order valence-electron chi connectivity index (χ1n) is 2.95. The van der Waals surface area contributed by atoms with Crippen molar-refractivity contribution in [1.29, 1.82) is 0 Å². The molecule has 0 unspecified atom stereocenters. The van der Waals surface area contributed by atoms with Crippen LogP contribution in [0.3, 0.4) is 0 Å². The standard InChI is InChI=1S/C6H4BClN2O/c7-1-5(11)4-2-10-6(8)3-9-4/h2-3H,1H2. The number of nitrogens with zero attached hydrogens (tertiary/aromatic N) is 2. The minimum atomic E-state index is -0.242. The highest BCUT2D eigenvalue weighted by Gasteiger charge is 2.03. The topological polar surface area (TPSA) is 42.9 Å². The van der Waals surface area contributed by atoms with E-state index in [1.54, 1.807) is 0 Å². The summed E-state index contributed by atoms with van der Waals surface area (Å²) in [5, 5.41) is 0.263. The van der Waals surface area contributed by atoms with Gasteiger partial charge in [0.15, 0.2) is 5.78 Å². The van der Waals surface area contributed by atoms with Gasteiger partial charge in [-0.15, -0.1) is 0 Å². The zero-order valence-corrected chi connectivity index (χ0v) is 6.38. The summed E-state index contributed by atoms with van der Waals surface area (Å²) in [7, 11) is 5.09. The molecule has 0 fully saturated rings. The van der Waals surface area contributed by atoms with Gasteiger partial charge in [0.2, 0.25) is 0 Å². The number of Topliss-reactive ketones (excluding diaryl/α,β-unsaturated/α-hetero) is 1. The molecule has 1 aromatic rings. The number of ketones is 1. The van der Waals surface area contributed by atoms with Gasteiger partial charge in [-0.05, 0) is 6.32 Å². The van der Waals surface area contributed by atoms with Gasteiger partial charge < -0.3 is 0 Å². The Morgan fingerprint density at radius 1 is 1.55 bits per heavy atom. The number of hydrogen-bond donors (Lipinski definition) is 0. The number of carbonyl (C=O) groups is 1. The van der Waals surface area contributed by atoms with E-state index in [0.29, 0.717) is 0 Å². The van der Waals surface area contributed by atoms with Gasteiger partial charge >= 0.3 is 0 Å². The highest BCUT2D eigenvalue weighted by molar-refractivity contribution is 6.29. The molecule has 1 heterocycles. The summed E-state index contributed by atoms with van der Waals surface area (Å²) in [5.74, 6) is -0.242. The monoisotopic (exact) mass is 166 g/mol. The lowest BCUT2D eigenvalue weighted by atomic mass is 9.99. The van der Waals surface area contributed by atoms with Crippen molar-refractivity contribution < 1.29 is 4.79 Å². The van der Waals surface area contributed by atoms with Crippen LogP contribution in [-0.2, 0) is 0 Å². The third kappa shape index (κ3) is 2.01. The van der Waals surface area contributed by atoms with E-state index in [9.17, 15) is 4.79 Å². The summed E-state index contributed by atoms with van der Waals surface area (Å²) >= 11 is 5.44. The zero-order valence-electron chi connectivity index (χ0n) is 5.62. The number of carbonyl (C=O) groups excluding carboxylic acids is 1. The fourth-order valence-electron chi connectivity index (χ4n) is 0.561. The maximum absolute atomic E-state index is 10.9. The maximum atomic E-state index is 10.9. The van der Waals surface area contributed by atoms with Crippen molar-refractivity contribution in [2.45, 2.75) is 6.32 Å². The number of aromatic nitrogens is 2. The molecule has 0 saturated heterocycles. The van der Waals surface area contributed by atoms with Gasteiger partial charge in [0.1, 0.15) is 10.8 Å². The molecule has 0 bridgehead atoms. The minimum Gasteiger partial charge on any atom is -0.293 e. The van der Waals surface area contributed by atoms with Crippen LogP contribution in [0.2, 0.25) is 11.5 Å². The van der Waals surface area contributed by atoms with Gasteiger partial charge in [0.05, 0.1) is 20.2 Å². The Hall–Kier alpha value is -0.895. The lowest BCUT2D eigenvalue weighted by Gasteiger charge is -1.94. The molecule has 0 aliphatic carbocycles. The number of hydrogen-bond acceptors (Lipinski definition) is 3. The molecule has 3 nitrogen and oxygen atoms in total. The quantitative estimate of drug-likeness (QED) is 0.484. The Balaban J connectivity index is 2.90. The molecule has 0 amide bonds. The highest BCUT2D eigenvalue weighted by atomic mass is 35.5. The first kappa shape index (κ1) is 8.20. The van der Waals surface area contributed by atoms with Crippen molar-refractivity contribution in [3.63, 3.8) is 0 Å².